The largest absolute Gasteiger partial charge is 0.322 e. The van der Waals surface area contributed by atoms with Crippen molar-refractivity contribution in [2.45, 2.75) is 6.92 Å². The molecule has 2 aromatic heterocycles. The van der Waals surface area contributed by atoms with Gasteiger partial charge in [0.05, 0.1) is 15.2 Å². The van der Waals surface area contributed by atoms with Crippen LogP contribution < -0.4 is 5.32 Å². The van der Waals surface area contributed by atoms with E-state index in [0.29, 0.717) is 0 Å². The SMILES string of the molecule is Cc1nc2ccc(NC(=O)/C=C/c3cccnc3)cc2s1. The minimum Gasteiger partial charge on any atom is -0.322 e. The average molecular weight is 295 g/mol. The number of amides is 1. The predicted octanol–water partition coefficient (Wildman–Crippen LogP) is 3.65. The fourth-order valence-corrected chi connectivity index (χ4v) is 2.81. The number of hydrogen-bond donors (Lipinski definition) is 1. The van der Waals surface area contributed by atoms with Gasteiger partial charge in [0.2, 0.25) is 5.91 Å². The van der Waals surface area contributed by atoms with Gasteiger partial charge in [-0.25, -0.2) is 4.98 Å². The van der Waals surface area contributed by atoms with Gasteiger partial charge in [0, 0.05) is 24.2 Å². The van der Waals surface area contributed by atoms with Crippen molar-refractivity contribution in [3.05, 3.63) is 59.4 Å². The second kappa shape index (κ2) is 5.85. The lowest BCUT2D eigenvalue weighted by molar-refractivity contribution is -0.111. The first-order chi connectivity index (χ1) is 10.2. The molecular weight excluding hydrogens is 282 g/mol. The molecule has 0 atom stereocenters. The Morgan fingerprint density at radius 2 is 2.24 bits per heavy atom. The lowest BCUT2D eigenvalue weighted by Crippen LogP contribution is -2.07. The molecule has 1 aromatic carbocycles. The van der Waals surface area contributed by atoms with Crippen LogP contribution in [0.15, 0.2) is 48.8 Å². The van der Waals surface area contributed by atoms with E-state index in [9.17, 15) is 4.79 Å². The number of carbonyl (C=O) groups is 1. The molecule has 0 aliphatic carbocycles. The Balaban J connectivity index is 1.72. The molecule has 1 amide bonds. The highest BCUT2D eigenvalue weighted by Gasteiger charge is 2.03. The number of pyridine rings is 1. The zero-order valence-corrected chi connectivity index (χ0v) is 12.2. The third kappa shape index (κ3) is 3.32. The minimum atomic E-state index is -0.167. The summed E-state index contributed by atoms with van der Waals surface area (Å²) in [6.45, 7) is 1.97. The third-order valence-electron chi connectivity index (χ3n) is 2.87. The number of nitrogens with zero attached hydrogens (tertiary/aromatic N) is 2. The lowest BCUT2D eigenvalue weighted by Gasteiger charge is -2.01. The van der Waals surface area contributed by atoms with Crippen molar-refractivity contribution >= 4 is 39.2 Å². The highest BCUT2D eigenvalue weighted by Crippen LogP contribution is 2.24. The summed E-state index contributed by atoms with van der Waals surface area (Å²) in [4.78, 5) is 20.3. The molecule has 0 spiro atoms. The summed E-state index contributed by atoms with van der Waals surface area (Å²) >= 11 is 1.61. The van der Waals surface area contributed by atoms with Gasteiger partial charge in [0.25, 0.3) is 0 Å². The molecule has 1 N–H and O–H groups in total. The number of nitrogens with one attached hydrogen (secondary N) is 1. The Hall–Kier alpha value is -2.53. The second-order valence-corrected chi connectivity index (χ2v) is 5.76. The zero-order valence-electron chi connectivity index (χ0n) is 11.4. The van der Waals surface area contributed by atoms with Gasteiger partial charge >= 0.3 is 0 Å². The van der Waals surface area contributed by atoms with E-state index in [1.807, 2.05) is 37.3 Å². The van der Waals surface area contributed by atoms with Gasteiger partial charge in [0.15, 0.2) is 0 Å². The normalized spacial score (nSPS) is 11.1. The van der Waals surface area contributed by atoms with Crippen LogP contribution in [-0.2, 0) is 4.79 Å². The molecule has 4 nitrogen and oxygen atoms in total. The standard InChI is InChI=1S/C16H13N3OS/c1-11-18-14-6-5-13(9-15(14)21-11)19-16(20)7-4-12-3-2-8-17-10-12/h2-10H,1H3,(H,19,20)/b7-4+. The molecule has 5 heteroatoms. The van der Waals surface area contributed by atoms with Crippen molar-refractivity contribution in [3.8, 4) is 0 Å². The predicted molar refractivity (Wildman–Crippen MR) is 86.3 cm³/mol. The van der Waals surface area contributed by atoms with E-state index in [2.05, 4.69) is 15.3 Å². The van der Waals surface area contributed by atoms with E-state index in [0.717, 1.165) is 26.5 Å². The molecule has 0 aliphatic heterocycles. The van der Waals surface area contributed by atoms with Crippen LogP contribution in [0.25, 0.3) is 16.3 Å². The summed E-state index contributed by atoms with van der Waals surface area (Å²) in [7, 11) is 0. The van der Waals surface area contributed by atoms with E-state index < -0.39 is 0 Å². The van der Waals surface area contributed by atoms with Gasteiger partial charge in [-0.05, 0) is 42.8 Å². The van der Waals surface area contributed by atoms with Crippen LogP contribution in [0.1, 0.15) is 10.6 Å². The van der Waals surface area contributed by atoms with Gasteiger partial charge < -0.3 is 5.32 Å². The molecule has 0 bridgehead atoms. The molecule has 0 fully saturated rings. The molecule has 0 aliphatic rings. The van der Waals surface area contributed by atoms with Crippen molar-refractivity contribution in [1.29, 1.82) is 0 Å². The number of fused-ring (bicyclic) bond motifs is 1. The number of benzene rings is 1. The smallest absolute Gasteiger partial charge is 0.248 e. The molecule has 0 unspecified atom stereocenters. The molecule has 0 saturated heterocycles. The summed E-state index contributed by atoms with van der Waals surface area (Å²) in [5.41, 5.74) is 2.62. The number of carbonyl (C=O) groups excluding carboxylic acids is 1. The lowest BCUT2D eigenvalue weighted by atomic mass is 10.2. The quantitative estimate of drug-likeness (QED) is 0.750. The van der Waals surface area contributed by atoms with E-state index in [1.165, 1.54) is 6.08 Å². The van der Waals surface area contributed by atoms with Crippen LogP contribution in [0.3, 0.4) is 0 Å². The van der Waals surface area contributed by atoms with E-state index in [1.54, 1.807) is 29.8 Å². The maximum Gasteiger partial charge on any atom is 0.248 e. The molecular formula is C16H13N3OS. The first kappa shape index (κ1) is 13.5. The van der Waals surface area contributed by atoms with Crippen LogP contribution >= 0.6 is 11.3 Å². The van der Waals surface area contributed by atoms with Crippen molar-refractivity contribution < 1.29 is 4.79 Å². The number of rotatable bonds is 3. The summed E-state index contributed by atoms with van der Waals surface area (Å²) in [6, 6.07) is 9.44. The summed E-state index contributed by atoms with van der Waals surface area (Å²) < 4.78 is 1.07. The number of thiazole rings is 1. The van der Waals surface area contributed by atoms with E-state index in [4.69, 9.17) is 0 Å². The van der Waals surface area contributed by atoms with Crippen molar-refractivity contribution in [1.82, 2.24) is 9.97 Å². The number of aromatic nitrogens is 2. The molecule has 21 heavy (non-hydrogen) atoms. The Bertz CT molecular complexity index is 809. The Morgan fingerprint density at radius 1 is 1.33 bits per heavy atom. The van der Waals surface area contributed by atoms with Gasteiger partial charge in [-0.2, -0.15) is 0 Å². The second-order valence-electron chi connectivity index (χ2n) is 4.52. The molecule has 0 radical (unpaired) electrons. The molecule has 3 rings (SSSR count). The van der Waals surface area contributed by atoms with Gasteiger partial charge in [-0.15, -0.1) is 11.3 Å². The highest BCUT2D eigenvalue weighted by atomic mass is 32.1. The zero-order chi connectivity index (χ0) is 14.7. The maximum absolute atomic E-state index is 11.9. The first-order valence-corrected chi connectivity index (χ1v) is 7.29. The Labute approximate surface area is 126 Å². The number of anilines is 1. The van der Waals surface area contributed by atoms with Gasteiger partial charge in [-0.1, -0.05) is 6.07 Å². The molecule has 104 valence electrons. The third-order valence-corrected chi connectivity index (χ3v) is 3.81. The summed E-state index contributed by atoms with van der Waals surface area (Å²) in [6.07, 6.45) is 6.64. The molecule has 2 heterocycles. The Kier molecular flexibility index (Phi) is 3.75. The van der Waals surface area contributed by atoms with Crippen molar-refractivity contribution in [3.63, 3.8) is 0 Å². The Morgan fingerprint density at radius 3 is 3.05 bits per heavy atom. The highest BCUT2D eigenvalue weighted by molar-refractivity contribution is 7.18. The average Bonchev–Trinajstić information content (AvgIpc) is 2.85. The van der Waals surface area contributed by atoms with E-state index in [-0.39, 0.29) is 5.91 Å². The fourth-order valence-electron chi connectivity index (χ4n) is 1.95. The van der Waals surface area contributed by atoms with Gasteiger partial charge in [-0.3, -0.25) is 9.78 Å². The summed E-state index contributed by atoms with van der Waals surface area (Å²) in [5, 5.41) is 3.86. The summed E-state index contributed by atoms with van der Waals surface area (Å²) in [5.74, 6) is -0.167. The minimum absolute atomic E-state index is 0.167. The monoisotopic (exact) mass is 295 g/mol. The van der Waals surface area contributed by atoms with Crippen LogP contribution in [-0.4, -0.2) is 15.9 Å². The van der Waals surface area contributed by atoms with Crippen LogP contribution in [0.5, 0.6) is 0 Å². The van der Waals surface area contributed by atoms with E-state index >= 15 is 0 Å². The number of hydrogen-bond acceptors (Lipinski definition) is 4. The van der Waals surface area contributed by atoms with Crippen LogP contribution in [0.4, 0.5) is 5.69 Å². The van der Waals surface area contributed by atoms with Crippen molar-refractivity contribution in [2.24, 2.45) is 0 Å². The number of aryl methyl sites for hydroxylation is 1. The molecule has 0 saturated carbocycles. The first-order valence-electron chi connectivity index (χ1n) is 6.47. The fraction of sp³-hybridized carbons (Fsp3) is 0.0625. The van der Waals surface area contributed by atoms with Gasteiger partial charge in [0.1, 0.15) is 0 Å². The van der Waals surface area contributed by atoms with Crippen molar-refractivity contribution in [2.75, 3.05) is 5.32 Å². The maximum atomic E-state index is 11.9. The topological polar surface area (TPSA) is 54.9 Å². The van der Waals surface area contributed by atoms with Crippen LogP contribution in [0, 0.1) is 6.92 Å². The molecule has 3 aromatic rings. The van der Waals surface area contributed by atoms with Crippen LogP contribution in [0.2, 0.25) is 0 Å².